The van der Waals surface area contributed by atoms with E-state index in [1.807, 2.05) is 11.6 Å². The molecule has 3 N–H and O–H groups in total. The number of amides is 2. The van der Waals surface area contributed by atoms with Crippen LogP contribution >= 0.6 is 0 Å². The number of primary amides is 1. The monoisotopic (exact) mass is 271 g/mol. The van der Waals surface area contributed by atoms with Crippen LogP contribution in [0.3, 0.4) is 0 Å². The molecule has 3 rings (SSSR count). The first kappa shape index (κ1) is 12.3. The highest BCUT2D eigenvalue weighted by atomic mass is 16.2. The number of carbonyl (C=O) groups is 2. The van der Waals surface area contributed by atoms with Crippen molar-refractivity contribution in [2.45, 2.75) is 6.42 Å². The molecule has 0 aromatic carbocycles. The van der Waals surface area contributed by atoms with Crippen LogP contribution in [0.1, 0.15) is 26.7 Å². The molecule has 0 saturated heterocycles. The van der Waals surface area contributed by atoms with Crippen LogP contribution in [0.15, 0.2) is 18.3 Å². The lowest BCUT2D eigenvalue weighted by Gasteiger charge is -2.14. The zero-order valence-electron chi connectivity index (χ0n) is 10.9. The van der Waals surface area contributed by atoms with E-state index >= 15 is 0 Å². The Hall–Kier alpha value is -2.70. The summed E-state index contributed by atoms with van der Waals surface area (Å²) in [6.45, 7) is 0.624. The highest BCUT2D eigenvalue weighted by Gasteiger charge is 2.23. The Balaban J connectivity index is 2.13. The zero-order chi connectivity index (χ0) is 14.3. The number of nitrogens with one attached hydrogen (secondary N) is 1. The molecule has 0 spiro atoms. The number of carbonyl (C=O) groups excluding carboxylic acids is 2. The van der Waals surface area contributed by atoms with Crippen LogP contribution in [-0.4, -0.2) is 32.9 Å². The van der Waals surface area contributed by atoms with Crippen molar-refractivity contribution in [3.63, 3.8) is 0 Å². The molecule has 7 heteroatoms. The average Bonchev–Trinajstić information content (AvgIpc) is 2.78. The van der Waals surface area contributed by atoms with Gasteiger partial charge in [0.2, 0.25) is 5.82 Å². The Kier molecular flexibility index (Phi) is 2.74. The van der Waals surface area contributed by atoms with E-state index in [1.165, 1.54) is 6.20 Å². The number of hydrogen-bond acceptors (Lipinski definition) is 4. The molecule has 0 aliphatic carbocycles. The first-order valence-electron chi connectivity index (χ1n) is 6.18. The van der Waals surface area contributed by atoms with E-state index in [2.05, 4.69) is 15.3 Å². The second-order valence-electron chi connectivity index (χ2n) is 4.58. The normalized spacial score (nSPS) is 13.8. The summed E-state index contributed by atoms with van der Waals surface area (Å²) < 4.78 is 1.92. The molecular weight excluding hydrogens is 258 g/mol. The number of hydrogen-bond donors (Lipinski definition) is 2. The summed E-state index contributed by atoms with van der Waals surface area (Å²) >= 11 is 0. The molecule has 0 atom stereocenters. The number of nitrogens with two attached hydrogens (primary N) is 1. The van der Waals surface area contributed by atoms with E-state index in [-0.39, 0.29) is 11.7 Å². The molecule has 0 saturated carbocycles. The predicted molar refractivity (Wildman–Crippen MR) is 71.0 cm³/mol. The van der Waals surface area contributed by atoms with Gasteiger partial charge in [0, 0.05) is 31.9 Å². The smallest absolute Gasteiger partial charge is 0.286 e. The largest absolute Gasteiger partial charge is 0.363 e. The van der Waals surface area contributed by atoms with Crippen LogP contribution in [0.5, 0.6) is 0 Å². The highest BCUT2D eigenvalue weighted by molar-refractivity contribution is 5.98. The summed E-state index contributed by atoms with van der Waals surface area (Å²) in [7, 11) is 1.87. The standard InChI is InChI=1S/C13H13N5O2/c1-18-9-3-5-16-13(20)7(9)6-10(18)8-2-4-15-12(17-8)11(14)19/h2,4,6H,3,5H2,1H3,(H2,14,19)(H,16,20). The summed E-state index contributed by atoms with van der Waals surface area (Å²) in [4.78, 5) is 30.9. The van der Waals surface area contributed by atoms with E-state index in [0.29, 0.717) is 17.8 Å². The molecule has 2 amide bonds. The number of nitrogens with zero attached hydrogens (tertiary/aromatic N) is 3. The fourth-order valence-corrected chi connectivity index (χ4v) is 2.40. The van der Waals surface area contributed by atoms with Crippen LogP contribution < -0.4 is 11.1 Å². The minimum absolute atomic E-state index is 0.0360. The lowest BCUT2D eigenvalue weighted by Crippen LogP contribution is -2.31. The Labute approximate surface area is 114 Å². The molecule has 7 nitrogen and oxygen atoms in total. The van der Waals surface area contributed by atoms with Gasteiger partial charge in [-0.2, -0.15) is 0 Å². The van der Waals surface area contributed by atoms with E-state index in [0.717, 1.165) is 17.8 Å². The Bertz CT molecular complexity index is 720. The van der Waals surface area contributed by atoms with Gasteiger partial charge >= 0.3 is 0 Å². The van der Waals surface area contributed by atoms with Crippen molar-refractivity contribution in [1.29, 1.82) is 0 Å². The minimum Gasteiger partial charge on any atom is -0.363 e. The Morgan fingerprint density at radius 2 is 2.30 bits per heavy atom. The Morgan fingerprint density at radius 1 is 1.50 bits per heavy atom. The van der Waals surface area contributed by atoms with Crippen LogP contribution in [0.4, 0.5) is 0 Å². The first-order valence-corrected chi connectivity index (χ1v) is 6.18. The quantitative estimate of drug-likeness (QED) is 0.793. The molecule has 102 valence electrons. The van der Waals surface area contributed by atoms with E-state index in [1.54, 1.807) is 12.1 Å². The summed E-state index contributed by atoms with van der Waals surface area (Å²) in [5.74, 6) is -0.799. The summed E-state index contributed by atoms with van der Waals surface area (Å²) in [5, 5.41) is 2.80. The van der Waals surface area contributed by atoms with Gasteiger partial charge < -0.3 is 15.6 Å². The van der Waals surface area contributed by atoms with Gasteiger partial charge in [0.25, 0.3) is 11.8 Å². The average molecular weight is 271 g/mol. The molecule has 0 bridgehead atoms. The van der Waals surface area contributed by atoms with Crippen molar-refractivity contribution >= 4 is 11.8 Å². The minimum atomic E-state index is -0.677. The van der Waals surface area contributed by atoms with Crippen molar-refractivity contribution in [3.05, 3.63) is 35.4 Å². The number of rotatable bonds is 2. The van der Waals surface area contributed by atoms with Gasteiger partial charge in [0.15, 0.2) is 0 Å². The van der Waals surface area contributed by atoms with Gasteiger partial charge in [0.05, 0.1) is 17.0 Å². The molecule has 20 heavy (non-hydrogen) atoms. The molecule has 2 aromatic heterocycles. The fourth-order valence-electron chi connectivity index (χ4n) is 2.40. The van der Waals surface area contributed by atoms with Gasteiger partial charge in [-0.25, -0.2) is 9.97 Å². The molecule has 3 heterocycles. The van der Waals surface area contributed by atoms with E-state index in [9.17, 15) is 9.59 Å². The third kappa shape index (κ3) is 1.83. The first-order chi connectivity index (χ1) is 9.58. The highest BCUT2D eigenvalue weighted by Crippen LogP contribution is 2.25. The third-order valence-corrected chi connectivity index (χ3v) is 3.39. The SMILES string of the molecule is Cn1c(-c2ccnc(C(N)=O)n2)cc2c1CCNC2=O. The number of aromatic nitrogens is 3. The van der Waals surface area contributed by atoms with Crippen molar-refractivity contribution in [2.24, 2.45) is 12.8 Å². The van der Waals surface area contributed by atoms with Gasteiger partial charge in [-0.05, 0) is 12.1 Å². The third-order valence-electron chi connectivity index (χ3n) is 3.39. The van der Waals surface area contributed by atoms with Gasteiger partial charge in [-0.1, -0.05) is 0 Å². The van der Waals surface area contributed by atoms with Gasteiger partial charge in [-0.3, -0.25) is 9.59 Å². The molecule has 0 unspecified atom stereocenters. The van der Waals surface area contributed by atoms with Crippen LogP contribution in [-0.2, 0) is 13.5 Å². The van der Waals surface area contributed by atoms with E-state index in [4.69, 9.17) is 5.73 Å². The molecule has 0 radical (unpaired) electrons. The van der Waals surface area contributed by atoms with Crippen molar-refractivity contribution < 1.29 is 9.59 Å². The topological polar surface area (TPSA) is 103 Å². The van der Waals surface area contributed by atoms with Crippen LogP contribution in [0, 0.1) is 0 Å². The summed E-state index contributed by atoms with van der Waals surface area (Å²) in [6, 6.07) is 3.46. The lowest BCUT2D eigenvalue weighted by atomic mass is 10.1. The molecule has 1 aliphatic rings. The molecule has 2 aromatic rings. The summed E-state index contributed by atoms with van der Waals surface area (Å²) in [6.07, 6.45) is 2.25. The zero-order valence-corrected chi connectivity index (χ0v) is 10.9. The molecular formula is C13H13N5O2. The van der Waals surface area contributed by atoms with E-state index < -0.39 is 5.91 Å². The second-order valence-corrected chi connectivity index (χ2v) is 4.58. The van der Waals surface area contributed by atoms with Crippen LogP contribution in [0.2, 0.25) is 0 Å². The molecule has 0 fully saturated rings. The van der Waals surface area contributed by atoms with Crippen molar-refractivity contribution in [3.8, 4) is 11.4 Å². The fraction of sp³-hybridized carbons (Fsp3) is 0.231. The lowest BCUT2D eigenvalue weighted by molar-refractivity contribution is 0.0944. The molecule has 1 aliphatic heterocycles. The summed E-state index contributed by atoms with van der Waals surface area (Å²) in [5.41, 5.74) is 8.12. The van der Waals surface area contributed by atoms with Gasteiger partial charge in [0.1, 0.15) is 0 Å². The maximum Gasteiger partial charge on any atom is 0.286 e. The van der Waals surface area contributed by atoms with Gasteiger partial charge in [-0.15, -0.1) is 0 Å². The maximum absolute atomic E-state index is 11.8. The Morgan fingerprint density at radius 3 is 3.00 bits per heavy atom. The predicted octanol–water partition coefficient (Wildman–Crippen LogP) is -0.133. The maximum atomic E-state index is 11.8. The van der Waals surface area contributed by atoms with Crippen LogP contribution in [0.25, 0.3) is 11.4 Å². The van der Waals surface area contributed by atoms with Crippen molar-refractivity contribution in [1.82, 2.24) is 19.9 Å². The van der Waals surface area contributed by atoms with Crippen molar-refractivity contribution in [2.75, 3.05) is 6.54 Å². The second kappa shape index (κ2) is 4.44. The number of fused-ring (bicyclic) bond motifs is 1.